The molecule has 2 fully saturated rings. The lowest BCUT2D eigenvalue weighted by atomic mass is 9.90. The Kier molecular flexibility index (Phi) is 4.89. The van der Waals surface area contributed by atoms with Crippen molar-refractivity contribution >= 4 is 0 Å². The van der Waals surface area contributed by atoms with E-state index in [9.17, 15) is 0 Å². The van der Waals surface area contributed by atoms with Gasteiger partial charge in [0.15, 0.2) is 5.82 Å². The largest absolute Gasteiger partial charge is 0.338 e. The smallest absolute Gasteiger partial charge is 0.243 e. The third-order valence-corrected chi connectivity index (χ3v) is 5.92. The molecule has 1 aliphatic heterocycles. The zero-order valence-corrected chi connectivity index (χ0v) is 15.4. The Morgan fingerprint density at radius 3 is 2.52 bits per heavy atom. The standard InChI is InChI=1S/C21H29N3O/c1-15-3-5-17(6-4-15)7-8-18-11-13-24(14-12-18)16(2)21-22-20(23-25-21)19-9-10-19/h3-6,16,18-19H,7-14H2,1-2H3. The minimum Gasteiger partial charge on any atom is -0.338 e. The van der Waals surface area contributed by atoms with Crippen molar-refractivity contribution in [2.75, 3.05) is 13.1 Å². The number of piperidine rings is 1. The van der Waals surface area contributed by atoms with Gasteiger partial charge in [-0.1, -0.05) is 35.0 Å². The van der Waals surface area contributed by atoms with E-state index < -0.39 is 0 Å². The Morgan fingerprint density at radius 1 is 1.12 bits per heavy atom. The maximum absolute atomic E-state index is 5.52. The van der Waals surface area contributed by atoms with Crippen LogP contribution in [0.25, 0.3) is 0 Å². The molecule has 4 heteroatoms. The van der Waals surface area contributed by atoms with Gasteiger partial charge in [0.1, 0.15) is 0 Å². The van der Waals surface area contributed by atoms with Gasteiger partial charge in [-0.25, -0.2) is 0 Å². The minimum absolute atomic E-state index is 0.248. The third kappa shape index (κ3) is 4.12. The van der Waals surface area contributed by atoms with Gasteiger partial charge in [0.05, 0.1) is 6.04 Å². The predicted octanol–water partition coefficient (Wildman–Crippen LogP) is 4.66. The van der Waals surface area contributed by atoms with Gasteiger partial charge in [-0.05, 0) is 76.9 Å². The van der Waals surface area contributed by atoms with Crippen molar-refractivity contribution in [3.05, 3.63) is 47.1 Å². The van der Waals surface area contributed by atoms with Gasteiger partial charge in [0, 0.05) is 5.92 Å². The number of aromatic nitrogens is 2. The van der Waals surface area contributed by atoms with Crippen LogP contribution in [0, 0.1) is 12.8 Å². The highest BCUT2D eigenvalue weighted by Gasteiger charge is 2.31. The summed E-state index contributed by atoms with van der Waals surface area (Å²) in [4.78, 5) is 7.14. The molecule has 1 unspecified atom stereocenters. The highest BCUT2D eigenvalue weighted by Crippen LogP contribution is 2.39. The number of rotatable bonds is 6. The fourth-order valence-electron chi connectivity index (χ4n) is 3.83. The molecule has 0 amide bonds. The summed E-state index contributed by atoms with van der Waals surface area (Å²) >= 11 is 0. The summed E-state index contributed by atoms with van der Waals surface area (Å²) in [6.45, 7) is 6.64. The monoisotopic (exact) mass is 339 g/mol. The summed E-state index contributed by atoms with van der Waals surface area (Å²) in [5.74, 6) is 3.14. The van der Waals surface area contributed by atoms with Gasteiger partial charge >= 0.3 is 0 Å². The maximum atomic E-state index is 5.52. The molecule has 1 aromatic carbocycles. The van der Waals surface area contributed by atoms with Crippen molar-refractivity contribution in [2.24, 2.45) is 5.92 Å². The second-order valence-corrected chi connectivity index (χ2v) is 7.94. The number of hydrogen-bond acceptors (Lipinski definition) is 4. The molecule has 0 spiro atoms. The van der Waals surface area contributed by atoms with Gasteiger partial charge in [-0.3, -0.25) is 4.90 Å². The summed E-state index contributed by atoms with van der Waals surface area (Å²) in [7, 11) is 0. The van der Waals surface area contributed by atoms with Crippen molar-refractivity contribution in [3.8, 4) is 0 Å². The Morgan fingerprint density at radius 2 is 1.84 bits per heavy atom. The van der Waals surface area contributed by atoms with Crippen molar-refractivity contribution < 1.29 is 4.52 Å². The van der Waals surface area contributed by atoms with Gasteiger partial charge < -0.3 is 4.52 Å². The lowest BCUT2D eigenvalue weighted by Crippen LogP contribution is -2.36. The highest BCUT2D eigenvalue weighted by atomic mass is 16.5. The van der Waals surface area contributed by atoms with E-state index in [4.69, 9.17) is 4.52 Å². The molecule has 0 bridgehead atoms. The number of aryl methyl sites for hydroxylation is 2. The predicted molar refractivity (Wildman–Crippen MR) is 98.5 cm³/mol. The van der Waals surface area contributed by atoms with Gasteiger partial charge in [-0.15, -0.1) is 0 Å². The first kappa shape index (κ1) is 16.8. The van der Waals surface area contributed by atoms with E-state index in [1.807, 2.05) is 0 Å². The van der Waals surface area contributed by atoms with Crippen LogP contribution in [-0.4, -0.2) is 28.1 Å². The van der Waals surface area contributed by atoms with Crippen LogP contribution in [0.5, 0.6) is 0 Å². The number of benzene rings is 1. The average molecular weight is 339 g/mol. The van der Waals surface area contributed by atoms with E-state index in [2.05, 4.69) is 53.2 Å². The molecule has 0 N–H and O–H groups in total. The Bertz CT molecular complexity index is 681. The SMILES string of the molecule is Cc1ccc(CCC2CCN(C(C)c3nc(C4CC4)no3)CC2)cc1. The molecule has 4 rings (SSSR count). The first-order valence-electron chi connectivity index (χ1n) is 9.82. The second kappa shape index (κ2) is 7.28. The van der Waals surface area contributed by atoms with E-state index in [1.54, 1.807) is 0 Å². The molecule has 25 heavy (non-hydrogen) atoms. The Hall–Kier alpha value is -1.68. The van der Waals surface area contributed by atoms with Crippen LogP contribution in [0.1, 0.15) is 73.8 Å². The fourth-order valence-corrected chi connectivity index (χ4v) is 3.83. The molecule has 2 aromatic rings. The lowest BCUT2D eigenvalue weighted by molar-refractivity contribution is 0.117. The first-order chi connectivity index (χ1) is 12.2. The number of likely N-dealkylation sites (tertiary alicyclic amines) is 1. The summed E-state index contributed by atoms with van der Waals surface area (Å²) in [6.07, 6.45) is 7.51. The van der Waals surface area contributed by atoms with Gasteiger partial charge in [-0.2, -0.15) is 4.98 Å². The van der Waals surface area contributed by atoms with Gasteiger partial charge in [0.25, 0.3) is 0 Å². The van der Waals surface area contributed by atoms with E-state index in [0.717, 1.165) is 30.7 Å². The molecule has 1 aromatic heterocycles. The summed E-state index contributed by atoms with van der Waals surface area (Å²) < 4.78 is 5.52. The summed E-state index contributed by atoms with van der Waals surface area (Å²) in [5, 5.41) is 4.17. The molecule has 1 saturated heterocycles. The quantitative estimate of drug-likeness (QED) is 0.767. The molecular weight excluding hydrogens is 310 g/mol. The summed E-state index contributed by atoms with van der Waals surface area (Å²) in [6, 6.07) is 9.25. The van der Waals surface area contributed by atoms with Crippen LogP contribution in [0.15, 0.2) is 28.8 Å². The maximum Gasteiger partial charge on any atom is 0.243 e. The molecule has 2 aliphatic rings. The first-order valence-corrected chi connectivity index (χ1v) is 9.82. The number of hydrogen-bond donors (Lipinski definition) is 0. The fraction of sp³-hybridized carbons (Fsp3) is 0.619. The van der Waals surface area contributed by atoms with Crippen LogP contribution in [0.4, 0.5) is 0 Å². The normalized spacial score (nSPS) is 20.7. The van der Waals surface area contributed by atoms with Crippen molar-refractivity contribution in [1.82, 2.24) is 15.0 Å². The van der Waals surface area contributed by atoms with Crippen molar-refractivity contribution in [2.45, 2.75) is 64.3 Å². The average Bonchev–Trinajstić information content (AvgIpc) is 3.38. The highest BCUT2D eigenvalue weighted by molar-refractivity contribution is 5.21. The van der Waals surface area contributed by atoms with Crippen LogP contribution in [0.2, 0.25) is 0 Å². The van der Waals surface area contributed by atoms with Crippen LogP contribution < -0.4 is 0 Å². The van der Waals surface area contributed by atoms with Crippen LogP contribution >= 0.6 is 0 Å². The van der Waals surface area contributed by atoms with E-state index in [0.29, 0.717) is 5.92 Å². The molecule has 1 aliphatic carbocycles. The molecule has 134 valence electrons. The van der Waals surface area contributed by atoms with Crippen LogP contribution in [-0.2, 0) is 6.42 Å². The second-order valence-electron chi connectivity index (χ2n) is 7.94. The van der Waals surface area contributed by atoms with E-state index in [1.165, 1.54) is 49.7 Å². The molecule has 1 saturated carbocycles. The molecule has 1 atom stereocenters. The van der Waals surface area contributed by atoms with E-state index in [-0.39, 0.29) is 6.04 Å². The number of nitrogens with zero attached hydrogens (tertiary/aromatic N) is 3. The third-order valence-electron chi connectivity index (χ3n) is 5.92. The Balaban J connectivity index is 1.25. The Labute approximate surface area is 150 Å². The summed E-state index contributed by atoms with van der Waals surface area (Å²) in [5.41, 5.74) is 2.82. The molecule has 0 radical (unpaired) electrons. The molecule has 2 heterocycles. The molecule has 4 nitrogen and oxygen atoms in total. The minimum atomic E-state index is 0.248. The van der Waals surface area contributed by atoms with Crippen LogP contribution in [0.3, 0.4) is 0 Å². The lowest BCUT2D eigenvalue weighted by Gasteiger charge is -2.34. The van der Waals surface area contributed by atoms with Crippen molar-refractivity contribution in [3.63, 3.8) is 0 Å². The zero-order valence-electron chi connectivity index (χ0n) is 15.4. The van der Waals surface area contributed by atoms with Crippen molar-refractivity contribution in [1.29, 1.82) is 0 Å². The van der Waals surface area contributed by atoms with E-state index >= 15 is 0 Å². The van der Waals surface area contributed by atoms with Gasteiger partial charge in [0.2, 0.25) is 5.89 Å². The molecular formula is C21H29N3O. The topological polar surface area (TPSA) is 42.2 Å². The zero-order chi connectivity index (χ0) is 17.2.